The van der Waals surface area contributed by atoms with Crippen molar-refractivity contribution in [2.24, 2.45) is 5.10 Å². The number of carbonyl (C=O) groups is 1. The Morgan fingerprint density at radius 1 is 0.886 bits per heavy atom. The highest BCUT2D eigenvalue weighted by Gasteiger charge is 2.29. The average Bonchev–Trinajstić information content (AvgIpc) is 2.81. The summed E-state index contributed by atoms with van der Waals surface area (Å²) in [5, 5.41) is 3.97. The minimum Gasteiger partial charge on any atom is -0.491 e. The Balaban J connectivity index is 1.67. The molecule has 0 heterocycles. The van der Waals surface area contributed by atoms with E-state index in [0.717, 1.165) is 21.9 Å². The number of carbonyl (C=O) groups excluding carboxylic acids is 1. The van der Waals surface area contributed by atoms with E-state index >= 15 is 0 Å². The van der Waals surface area contributed by atoms with Crippen LogP contribution >= 0.6 is 0 Å². The number of rotatable bonds is 10. The molecule has 35 heavy (non-hydrogen) atoms. The summed E-state index contributed by atoms with van der Waals surface area (Å²) in [6, 6.07) is 21.9. The highest BCUT2D eigenvalue weighted by atomic mass is 32.2. The molecule has 0 unspecified atom stereocenters. The molecule has 0 aliphatic rings. The highest BCUT2D eigenvalue weighted by Crippen LogP contribution is 2.27. The molecule has 0 bridgehead atoms. The summed E-state index contributed by atoms with van der Waals surface area (Å²) in [6.45, 7) is 5.38. The average molecular weight is 496 g/mol. The van der Waals surface area contributed by atoms with Gasteiger partial charge in [0.05, 0.1) is 24.3 Å². The first-order valence-corrected chi connectivity index (χ1v) is 12.9. The van der Waals surface area contributed by atoms with Gasteiger partial charge in [-0.25, -0.2) is 13.8 Å². The van der Waals surface area contributed by atoms with Crippen LogP contribution in [0.15, 0.2) is 84.0 Å². The molecule has 0 aromatic heterocycles. The van der Waals surface area contributed by atoms with Crippen LogP contribution in [0.25, 0.3) is 0 Å². The van der Waals surface area contributed by atoms with E-state index in [1.807, 2.05) is 56.3 Å². The second-order valence-corrected chi connectivity index (χ2v) is 9.97. The number of hydrogen-bond acceptors (Lipinski definition) is 6. The van der Waals surface area contributed by atoms with Crippen LogP contribution in [0.2, 0.25) is 0 Å². The van der Waals surface area contributed by atoms with Gasteiger partial charge in [0.2, 0.25) is 10.0 Å². The summed E-state index contributed by atoms with van der Waals surface area (Å²) in [7, 11) is -3.76. The van der Waals surface area contributed by atoms with Gasteiger partial charge in [-0.1, -0.05) is 18.2 Å². The SMILES string of the molecule is CC(C)Oc1ccc(/C=N\NC(=O)[C@@H](C)N(c2ccc(Oc3ccccc3)cc2)S(C)(=O)=O)cc1. The monoisotopic (exact) mass is 495 g/mol. The maximum Gasteiger partial charge on any atom is 0.263 e. The smallest absolute Gasteiger partial charge is 0.263 e. The van der Waals surface area contributed by atoms with Gasteiger partial charge in [0.15, 0.2) is 0 Å². The van der Waals surface area contributed by atoms with Gasteiger partial charge in [-0.2, -0.15) is 5.10 Å². The maximum absolute atomic E-state index is 12.7. The zero-order valence-electron chi connectivity index (χ0n) is 20.1. The predicted octanol–water partition coefficient (Wildman–Crippen LogP) is 4.57. The lowest BCUT2D eigenvalue weighted by Crippen LogP contribution is -2.46. The number of para-hydroxylation sites is 1. The summed E-state index contributed by atoms with van der Waals surface area (Å²) in [5.74, 6) is 1.36. The molecule has 3 aromatic rings. The molecule has 3 aromatic carbocycles. The first-order valence-electron chi connectivity index (χ1n) is 11.1. The van der Waals surface area contributed by atoms with Crippen molar-refractivity contribution in [1.82, 2.24) is 5.43 Å². The topological polar surface area (TPSA) is 97.3 Å². The van der Waals surface area contributed by atoms with Crippen molar-refractivity contribution in [1.29, 1.82) is 0 Å². The van der Waals surface area contributed by atoms with Crippen molar-refractivity contribution >= 4 is 27.8 Å². The number of benzene rings is 3. The summed E-state index contributed by atoms with van der Waals surface area (Å²) in [5.41, 5.74) is 3.50. The standard InChI is InChI=1S/C26H29N3O5S/c1-19(2)33-24-14-10-21(11-15-24)18-27-28-26(30)20(3)29(35(4,31)32)22-12-16-25(17-13-22)34-23-8-6-5-7-9-23/h5-20H,1-4H3,(H,28,30)/b27-18-/t20-/m1/s1. The third-order valence-corrected chi connectivity index (χ3v) is 6.04. The fourth-order valence-corrected chi connectivity index (χ4v) is 4.44. The van der Waals surface area contributed by atoms with Crippen molar-refractivity contribution in [3.63, 3.8) is 0 Å². The number of hydrogen-bond donors (Lipinski definition) is 1. The minimum absolute atomic E-state index is 0.0701. The van der Waals surface area contributed by atoms with Crippen LogP contribution in [0, 0.1) is 0 Å². The molecular formula is C26H29N3O5S. The van der Waals surface area contributed by atoms with Gasteiger partial charge in [-0.15, -0.1) is 0 Å². The normalized spacial score (nSPS) is 12.4. The first-order chi connectivity index (χ1) is 16.6. The second-order valence-electron chi connectivity index (χ2n) is 8.11. The Labute approximate surface area is 206 Å². The van der Waals surface area contributed by atoms with E-state index in [4.69, 9.17) is 9.47 Å². The van der Waals surface area contributed by atoms with Gasteiger partial charge in [0.25, 0.3) is 5.91 Å². The lowest BCUT2D eigenvalue weighted by Gasteiger charge is -2.27. The van der Waals surface area contributed by atoms with Gasteiger partial charge in [-0.05, 0) is 87.0 Å². The molecule has 0 spiro atoms. The molecule has 0 saturated heterocycles. The van der Waals surface area contributed by atoms with Crippen molar-refractivity contribution in [2.75, 3.05) is 10.6 Å². The van der Waals surface area contributed by atoms with Crippen molar-refractivity contribution in [2.45, 2.75) is 32.9 Å². The Morgan fingerprint density at radius 2 is 1.46 bits per heavy atom. The second kappa shape index (κ2) is 11.5. The molecule has 1 atom stereocenters. The third kappa shape index (κ3) is 7.58. The number of ether oxygens (including phenoxy) is 2. The van der Waals surface area contributed by atoms with Crippen molar-refractivity contribution < 1.29 is 22.7 Å². The largest absolute Gasteiger partial charge is 0.491 e. The van der Waals surface area contributed by atoms with Crippen LogP contribution in [0.4, 0.5) is 5.69 Å². The van der Waals surface area contributed by atoms with Crippen LogP contribution in [0.3, 0.4) is 0 Å². The molecule has 9 heteroatoms. The number of sulfonamides is 1. The molecule has 8 nitrogen and oxygen atoms in total. The van der Waals surface area contributed by atoms with E-state index in [9.17, 15) is 13.2 Å². The Bertz CT molecular complexity index is 1240. The van der Waals surface area contributed by atoms with Gasteiger partial charge in [0.1, 0.15) is 23.3 Å². The van der Waals surface area contributed by atoms with Crippen LogP contribution in [-0.4, -0.2) is 38.9 Å². The highest BCUT2D eigenvalue weighted by molar-refractivity contribution is 7.92. The van der Waals surface area contributed by atoms with E-state index in [1.165, 1.54) is 13.1 Å². The van der Waals surface area contributed by atoms with Gasteiger partial charge >= 0.3 is 0 Å². The minimum atomic E-state index is -3.76. The van der Waals surface area contributed by atoms with E-state index in [2.05, 4.69) is 10.5 Å². The van der Waals surface area contributed by atoms with E-state index in [1.54, 1.807) is 36.4 Å². The van der Waals surface area contributed by atoms with Crippen LogP contribution < -0.4 is 19.2 Å². The zero-order valence-corrected chi connectivity index (χ0v) is 20.9. The lowest BCUT2D eigenvalue weighted by atomic mass is 10.2. The molecule has 0 radical (unpaired) electrons. The van der Waals surface area contributed by atoms with Crippen LogP contribution in [0.1, 0.15) is 26.3 Å². The molecule has 0 aliphatic carbocycles. The lowest BCUT2D eigenvalue weighted by molar-refractivity contribution is -0.121. The van der Waals surface area contributed by atoms with E-state index in [-0.39, 0.29) is 6.10 Å². The molecule has 3 rings (SSSR count). The van der Waals surface area contributed by atoms with E-state index < -0.39 is 22.0 Å². The molecule has 0 fully saturated rings. The van der Waals surface area contributed by atoms with Gasteiger partial charge < -0.3 is 9.47 Å². The summed E-state index contributed by atoms with van der Waals surface area (Å²) < 4.78 is 37.4. The molecule has 0 saturated carbocycles. The maximum atomic E-state index is 12.7. The number of nitrogens with zero attached hydrogens (tertiary/aromatic N) is 2. The summed E-state index contributed by atoms with van der Waals surface area (Å²) in [4.78, 5) is 12.7. The Kier molecular flexibility index (Phi) is 8.48. The number of nitrogens with one attached hydrogen (secondary N) is 1. The number of hydrazone groups is 1. The Morgan fingerprint density at radius 3 is 2.03 bits per heavy atom. The zero-order chi connectivity index (χ0) is 25.4. The fraction of sp³-hybridized carbons (Fsp3) is 0.231. The molecular weight excluding hydrogens is 466 g/mol. The summed E-state index contributed by atoms with van der Waals surface area (Å²) in [6.07, 6.45) is 2.60. The Hall–Kier alpha value is -3.85. The number of anilines is 1. The quantitative estimate of drug-likeness (QED) is 0.328. The fourth-order valence-electron chi connectivity index (χ4n) is 3.26. The third-order valence-electron chi connectivity index (χ3n) is 4.80. The van der Waals surface area contributed by atoms with Gasteiger partial charge in [-0.3, -0.25) is 9.10 Å². The molecule has 0 aliphatic heterocycles. The first kappa shape index (κ1) is 25.8. The van der Waals surface area contributed by atoms with Crippen LogP contribution in [-0.2, 0) is 14.8 Å². The number of amides is 1. The molecule has 1 amide bonds. The molecule has 184 valence electrons. The van der Waals surface area contributed by atoms with E-state index in [0.29, 0.717) is 17.2 Å². The summed E-state index contributed by atoms with van der Waals surface area (Å²) >= 11 is 0. The predicted molar refractivity (Wildman–Crippen MR) is 138 cm³/mol. The van der Waals surface area contributed by atoms with Crippen molar-refractivity contribution in [3.05, 3.63) is 84.4 Å². The van der Waals surface area contributed by atoms with Crippen molar-refractivity contribution in [3.8, 4) is 17.2 Å². The molecule has 1 N–H and O–H groups in total. The van der Waals surface area contributed by atoms with Crippen LogP contribution in [0.5, 0.6) is 17.2 Å². The van der Waals surface area contributed by atoms with Gasteiger partial charge in [0, 0.05) is 0 Å².